The van der Waals surface area contributed by atoms with Crippen LogP contribution in [0, 0.1) is 18.8 Å². The summed E-state index contributed by atoms with van der Waals surface area (Å²) in [4.78, 5) is 37.1. The number of amides is 4. The Labute approximate surface area is 124 Å². The number of nitrogens with zero attached hydrogens (tertiary/aromatic N) is 1. The summed E-state index contributed by atoms with van der Waals surface area (Å²) in [7, 11) is 0. The van der Waals surface area contributed by atoms with E-state index in [4.69, 9.17) is 0 Å². The van der Waals surface area contributed by atoms with Gasteiger partial charge in [0.05, 0.1) is 0 Å². The van der Waals surface area contributed by atoms with Crippen molar-refractivity contribution in [2.45, 2.75) is 27.2 Å². The number of barbiturate groups is 1. The molecule has 0 bridgehead atoms. The summed E-state index contributed by atoms with van der Waals surface area (Å²) in [5.41, 5.74) is 2.22. The molecule has 4 amide bonds. The second-order valence-corrected chi connectivity index (χ2v) is 5.68. The molecule has 1 heterocycles. The molecule has 0 saturated carbocycles. The minimum Gasteiger partial charge on any atom is -0.277 e. The van der Waals surface area contributed by atoms with Gasteiger partial charge in [0.2, 0.25) is 11.8 Å². The van der Waals surface area contributed by atoms with Crippen LogP contribution in [0.1, 0.15) is 25.0 Å². The molecule has 1 saturated heterocycles. The van der Waals surface area contributed by atoms with Gasteiger partial charge in [0, 0.05) is 6.54 Å². The number of urea groups is 1. The van der Waals surface area contributed by atoms with Crippen molar-refractivity contribution >= 4 is 17.8 Å². The monoisotopic (exact) mass is 288 g/mol. The highest BCUT2D eigenvalue weighted by Crippen LogP contribution is 2.19. The lowest BCUT2D eigenvalue weighted by atomic mass is 9.92. The average molecular weight is 288 g/mol. The summed E-state index contributed by atoms with van der Waals surface area (Å²) in [6.45, 7) is 5.88. The van der Waals surface area contributed by atoms with E-state index in [1.54, 1.807) is 13.8 Å². The fraction of sp³-hybridized carbons (Fsp3) is 0.438. The lowest BCUT2D eigenvalue weighted by molar-refractivity contribution is -0.144. The van der Waals surface area contributed by atoms with Crippen LogP contribution < -0.4 is 5.32 Å². The Morgan fingerprint density at radius 2 is 1.86 bits per heavy atom. The van der Waals surface area contributed by atoms with Gasteiger partial charge < -0.3 is 0 Å². The van der Waals surface area contributed by atoms with E-state index in [9.17, 15) is 14.4 Å². The molecule has 1 atom stereocenters. The lowest BCUT2D eigenvalue weighted by Crippen LogP contribution is -2.59. The zero-order chi connectivity index (χ0) is 15.6. The molecule has 2 rings (SSSR count). The molecule has 112 valence electrons. The molecule has 1 N–H and O–H groups in total. The summed E-state index contributed by atoms with van der Waals surface area (Å²) in [6.07, 6.45) is 0.588. The van der Waals surface area contributed by atoms with Crippen LogP contribution in [0.2, 0.25) is 0 Å². The van der Waals surface area contributed by atoms with Gasteiger partial charge in [0.1, 0.15) is 5.92 Å². The number of carbonyl (C=O) groups is 3. The predicted molar refractivity (Wildman–Crippen MR) is 78.5 cm³/mol. The van der Waals surface area contributed by atoms with Gasteiger partial charge in [-0.15, -0.1) is 0 Å². The van der Waals surface area contributed by atoms with Crippen LogP contribution in [0.5, 0.6) is 0 Å². The Morgan fingerprint density at radius 3 is 2.48 bits per heavy atom. The van der Waals surface area contributed by atoms with Gasteiger partial charge in [0.25, 0.3) is 0 Å². The second kappa shape index (κ2) is 6.08. The number of aryl methyl sites for hydroxylation is 1. The maximum atomic E-state index is 12.3. The SMILES string of the molecule is Cc1ccccc1CCN1C(=O)NC(=O)C(C(C)C)C1=O. The first-order valence-electron chi connectivity index (χ1n) is 7.12. The lowest BCUT2D eigenvalue weighted by Gasteiger charge is -2.32. The van der Waals surface area contributed by atoms with Crippen LogP contribution in [0.4, 0.5) is 4.79 Å². The number of nitrogens with one attached hydrogen (secondary N) is 1. The van der Waals surface area contributed by atoms with Gasteiger partial charge >= 0.3 is 6.03 Å². The molecule has 1 aliphatic heterocycles. The van der Waals surface area contributed by atoms with E-state index in [-0.39, 0.29) is 12.5 Å². The molecular formula is C16H20N2O3. The van der Waals surface area contributed by atoms with Crippen molar-refractivity contribution in [3.05, 3.63) is 35.4 Å². The quantitative estimate of drug-likeness (QED) is 0.860. The molecule has 0 radical (unpaired) electrons. The molecule has 1 fully saturated rings. The van der Waals surface area contributed by atoms with Crippen LogP contribution in [-0.2, 0) is 16.0 Å². The summed E-state index contributed by atoms with van der Waals surface area (Å²) < 4.78 is 0. The van der Waals surface area contributed by atoms with Crippen LogP contribution in [0.25, 0.3) is 0 Å². The van der Waals surface area contributed by atoms with Gasteiger partial charge in [-0.1, -0.05) is 38.1 Å². The van der Waals surface area contributed by atoms with Crippen molar-refractivity contribution in [3.8, 4) is 0 Å². The van der Waals surface area contributed by atoms with Crippen molar-refractivity contribution in [2.75, 3.05) is 6.54 Å². The molecule has 5 heteroatoms. The van der Waals surface area contributed by atoms with Crippen molar-refractivity contribution in [2.24, 2.45) is 11.8 Å². The first kappa shape index (κ1) is 15.2. The number of imide groups is 2. The zero-order valence-electron chi connectivity index (χ0n) is 12.6. The topological polar surface area (TPSA) is 66.5 Å². The maximum Gasteiger partial charge on any atom is 0.330 e. The van der Waals surface area contributed by atoms with Gasteiger partial charge in [-0.3, -0.25) is 19.8 Å². The van der Waals surface area contributed by atoms with Crippen molar-refractivity contribution in [3.63, 3.8) is 0 Å². The van der Waals surface area contributed by atoms with Crippen LogP contribution in [0.15, 0.2) is 24.3 Å². The summed E-state index contributed by atoms with van der Waals surface area (Å²) >= 11 is 0. The third-order valence-electron chi connectivity index (χ3n) is 3.82. The van der Waals surface area contributed by atoms with E-state index >= 15 is 0 Å². The molecule has 5 nitrogen and oxygen atoms in total. The fourth-order valence-electron chi connectivity index (χ4n) is 2.55. The van der Waals surface area contributed by atoms with E-state index in [0.29, 0.717) is 6.42 Å². The number of benzene rings is 1. The number of rotatable bonds is 4. The first-order valence-corrected chi connectivity index (χ1v) is 7.12. The second-order valence-electron chi connectivity index (χ2n) is 5.68. The third kappa shape index (κ3) is 3.12. The maximum absolute atomic E-state index is 12.3. The zero-order valence-corrected chi connectivity index (χ0v) is 12.6. The largest absolute Gasteiger partial charge is 0.330 e. The highest BCUT2D eigenvalue weighted by Gasteiger charge is 2.41. The van der Waals surface area contributed by atoms with Crippen molar-refractivity contribution in [1.82, 2.24) is 10.2 Å². The highest BCUT2D eigenvalue weighted by molar-refractivity contribution is 6.16. The average Bonchev–Trinajstić information content (AvgIpc) is 2.39. The predicted octanol–water partition coefficient (Wildman–Crippen LogP) is 1.89. The number of hydrogen-bond acceptors (Lipinski definition) is 3. The first-order chi connectivity index (χ1) is 9.91. The molecule has 1 aliphatic rings. The Morgan fingerprint density at radius 1 is 1.19 bits per heavy atom. The van der Waals surface area contributed by atoms with Gasteiger partial charge in [-0.2, -0.15) is 0 Å². The van der Waals surface area contributed by atoms with Crippen molar-refractivity contribution < 1.29 is 14.4 Å². The smallest absolute Gasteiger partial charge is 0.277 e. The van der Waals surface area contributed by atoms with Gasteiger partial charge in [0.15, 0.2) is 0 Å². The Bertz CT molecular complexity index is 581. The van der Waals surface area contributed by atoms with Crippen molar-refractivity contribution in [1.29, 1.82) is 0 Å². The molecule has 1 aromatic rings. The van der Waals surface area contributed by atoms with E-state index in [1.807, 2.05) is 31.2 Å². The van der Waals surface area contributed by atoms with E-state index in [2.05, 4.69) is 5.32 Å². The van der Waals surface area contributed by atoms with Crippen LogP contribution >= 0.6 is 0 Å². The molecule has 1 unspecified atom stereocenters. The summed E-state index contributed by atoms with van der Waals surface area (Å²) in [5.74, 6) is -1.80. The molecule has 0 aliphatic carbocycles. The Balaban J connectivity index is 2.11. The van der Waals surface area contributed by atoms with E-state index in [0.717, 1.165) is 16.0 Å². The van der Waals surface area contributed by atoms with Crippen LogP contribution in [-0.4, -0.2) is 29.3 Å². The Kier molecular flexibility index (Phi) is 4.40. The molecule has 0 spiro atoms. The fourth-order valence-corrected chi connectivity index (χ4v) is 2.55. The standard InChI is InChI=1S/C16H20N2O3/c1-10(2)13-14(19)17-16(21)18(15(13)20)9-8-12-7-5-4-6-11(12)3/h4-7,10,13H,8-9H2,1-3H3,(H,17,19,21). The third-order valence-corrected chi connectivity index (χ3v) is 3.82. The van der Waals surface area contributed by atoms with E-state index in [1.165, 1.54) is 0 Å². The molecular weight excluding hydrogens is 268 g/mol. The van der Waals surface area contributed by atoms with E-state index < -0.39 is 23.8 Å². The Hall–Kier alpha value is -2.17. The molecule has 1 aromatic carbocycles. The summed E-state index contributed by atoms with van der Waals surface area (Å²) in [6, 6.07) is 7.24. The number of carbonyl (C=O) groups excluding carboxylic acids is 3. The van der Waals surface area contributed by atoms with Gasteiger partial charge in [-0.05, 0) is 30.4 Å². The highest BCUT2D eigenvalue weighted by atomic mass is 16.2. The molecule has 21 heavy (non-hydrogen) atoms. The molecule has 0 aromatic heterocycles. The normalized spacial score (nSPS) is 19.1. The minimum atomic E-state index is -0.778. The number of hydrogen-bond donors (Lipinski definition) is 1. The van der Waals surface area contributed by atoms with Crippen LogP contribution in [0.3, 0.4) is 0 Å². The summed E-state index contributed by atoms with van der Waals surface area (Å²) in [5, 5.41) is 2.27. The van der Waals surface area contributed by atoms with Gasteiger partial charge in [-0.25, -0.2) is 4.79 Å². The minimum absolute atomic E-state index is 0.133.